The summed E-state index contributed by atoms with van der Waals surface area (Å²) in [7, 11) is -4.33. The summed E-state index contributed by atoms with van der Waals surface area (Å²) >= 11 is 0. The number of fused-ring (bicyclic) bond motifs is 1. The van der Waals surface area contributed by atoms with E-state index in [4.69, 9.17) is 4.42 Å². The molecule has 33 heavy (non-hydrogen) atoms. The Kier molecular flexibility index (Phi) is 5.50. The van der Waals surface area contributed by atoms with Crippen molar-refractivity contribution in [2.45, 2.75) is 37.6 Å². The standard InChI is InChI=1S/C21H19FN4O6S/c1-9-4-7-15(22)16(10(9)2)11(3)17(20-24-25-21(29)32-20)26-33(30,31)12-5-6-13-14(8-12)19(28)23-18(13)27/h4-8,11,17,26H,1-3H3,(H,25,29)(H,23,27,28). The molecule has 12 heteroatoms. The summed E-state index contributed by atoms with van der Waals surface area (Å²) in [5.74, 6) is -3.93. The second kappa shape index (κ2) is 8.05. The molecule has 1 aliphatic heterocycles. The lowest BCUT2D eigenvalue weighted by Crippen LogP contribution is -2.33. The summed E-state index contributed by atoms with van der Waals surface area (Å²) < 4.78 is 48.6. The van der Waals surface area contributed by atoms with Gasteiger partial charge in [-0.05, 0) is 54.8 Å². The summed E-state index contributed by atoms with van der Waals surface area (Å²) in [6.07, 6.45) is 0. The summed E-state index contributed by atoms with van der Waals surface area (Å²) in [4.78, 5) is 35.0. The molecule has 172 valence electrons. The van der Waals surface area contributed by atoms with Gasteiger partial charge < -0.3 is 4.42 Å². The van der Waals surface area contributed by atoms with Crippen LogP contribution in [-0.4, -0.2) is 30.4 Å². The van der Waals surface area contributed by atoms with E-state index in [9.17, 15) is 27.2 Å². The van der Waals surface area contributed by atoms with Crippen LogP contribution in [0.3, 0.4) is 0 Å². The Morgan fingerprint density at radius 1 is 1.06 bits per heavy atom. The number of carbonyl (C=O) groups is 2. The number of H-pyrrole nitrogens is 1. The summed E-state index contributed by atoms with van der Waals surface area (Å²) in [6.45, 7) is 5.06. The third kappa shape index (κ3) is 3.98. The van der Waals surface area contributed by atoms with Crippen LogP contribution in [0.1, 0.15) is 62.2 Å². The van der Waals surface area contributed by atoms with Gasteiger partial charge in [0.15, 0.2) is 0 Å². The van der Waals surface area contributed by atoms with Crippen LogP contribution in [-0.2, 0) is 10.0 Å². The van der Waals surface area contributed by atoms with Crippen LogP contribution in [0.25, 0.3) is 0 Å². The van der Waals surface area contributed by atoms with E-state index in [-0.39, 0.29) is 27.5 Å². The topological polar surface area (TPSA) is 151 Å². The molecule has 0 fully saturated rings. The molecule has 0 radical (unpaired) electrons. The largest absolute Gasteiger partial charge is 0.434 e. The molecule has 0 saturated carbocycles. The van der Waals surface area contributed by atoms with Gasteiger partial charge in [0, 0.05) is 5.92 Å². The van der Waals surface area contributed by atoms with Gasteiger partial charge in [-0.15, -0.1) is 5.10 Å². The Balaban J connectivity index is 1.78. The number of aryl methyl sites for hydroxylation is 1. The lowest BCUT2D eigenvalue weighted by atomic mass is 9.88. The van der Waals surface area contributed by atoms with E-state index >= 15 is 0 Å². The molecule has 0 spiro atoms. The molecule has 0 bridgehead atoms. The number of halogens is 1. The number of hydrogen-bond acceptors (Lipinski definition) is 7. The molecule has 1 aliphatic rings. The Morgan fingerprint density at radius 3 is 2.42 bits per heavy atom. The van der Waals surface area contributed by atoms with Crippen molar-refractivity contribution in [3.05, 3.63) is 80.4 Å². The van der Waals surface area contributed by atoms with Crippen molar-refractivity contribution < 1.29 is 26.8 Å². The molecule has 2 atom stereocenters. The fourth-order valence-electron chi connectivity index (χ4n) is 3.82. The van der Waals surface area contributed by atoms with E-state index in [0.717, 1.165) is 11.6 Å². The number of aromatic nitrogens is 2. The molecule has 2 amide bonds. The maximum absolute atomic E-state index is 14.8. The van der Waals surface area contributed by atoms with E-state index in [0.29, 0.717) is 5.56 Å². The zero-order chi connectivity index (χ0) is 24.1. The number of benzene rings is 2. The van der Waals surface area contributed by atoms with E-state index in [1.54, 1.807) is 26.8 Å². The highest BCUT2D eigenvalue weighted by molar-refractivity contribution is 7.89. The van der Waals surface area contributed by atoms with Crippen molar-refractivity contribution in [3.8, 4) is 0 Å². The van der Waals surface area contributed by atoms with Crippen LogP contribution in [0.4, 0.5) is 4.39 Å². The Morgan fingerprint density at radius 2 is 1.76 bits per heavy atom. The molecule has 0 aliphatic carbocycles. The Hall–Kier alpha value is -3.64. The zero-order valence-electron chi connectivity index (χ0n) is 17.7. The molecule has 1 aromatic heterocycles. The second-order valence-electron chi connectivity index (χ2n) is 7.73. The normalized spacial score (nSPS) is 15.3. The lowest BCUT2D eigenvalue weighted by Gasteiger charge is -2.25. The number of nitrogens with zero attached hydrogens (tertiary/aromatic N) is 1. The molecule has 2 unspecified atom stereocenters. The van der Waals surface area contributed by atoms with Crippen LogP contribution in [0.2, 0.25) is 0 Å². The second-order valence-corrected chi connectivity index (χ2v) is 9.45. The average Bonchev–Trinajstić information content (AvgIpc) is 3.31. The van der Waals surface area contributed by atoms with E-state index in [1.807, 2.05) is 0 Å². The van der Waals surface area contributed by atoms with Gasteiger partial charge >= 0.3 is 5.76 Å². The predicted octanol–water partition coefficient (Wildman–Crippen LogP) is 1.83. The minimum Gasteiger partial charge on any atom is -0.391 e. The van der Waals surface area contributed by atoms with E-state index in [1.165, 1.54) is 18.2 Å². The first kappa shape index (κ1) is 22.6. The number of carbonyl (C=O) groups excluding carboxylic acids is 2. The molecular formula is C21H19FN4O6S. The average molecular weight is 474 g/mol. The fourth-order valence-corrected chi connectivity index (χ4v) is 5.12. The first-order valence-electron chi connectivity index (χ1n) is 9.82. The maximum atomic E-state index is 14.8. The third-order valence-corrected chi connectivity index (χ3v) is 7.15. The quantitative estimate of drug-likeness (QED) is 0.461. The number of sulfonamides is 1. The van der Waals surface area contributed by atoms with Gasteiger partial charge in [-0.3, -0.25) is 14.9 Å². The van der Waals surface area contributed by atoms with Crippen LogP contribution >= 0.6 is 0 Å². The van der Waals surface area contributed by atoms with Gasteiger partial charge in [-0.1, -0.05) is 13.0 Å². The monoisotopic (exact) mass is 474 g/mol. The van der Waals surface area contributed by atoms with Gasteiger partial charge in [0.1, 0.15) is 11.9 Å². The van der Waals surface area contributed by atoms with Crippen LogP contribution in [0.15, 0.2) is 44.4 Å². The van der Waals surface area contributed by atoms with Crippen molar-refractivity contribution in [2.75, 3.05) is 0 Å². The van der Waals surface area contributed by atoms with Gasteiger partial charge in [0.05, 0.1) is 16.0 Å². The third-order valence-electron chi connectivity index (χ3n) is 5.71. The first-order valence-corrected chi connectivity index (χ1v) is 11.3. The molecular weight excluding hydrogens is 455 g/mol. The van der Waals surface area contributed by atoms with Crippen molar-refractivity contribution >= 4 is 21.8 Å². The number of aromatic amines is 1. The highest BCUT2D eigenvalue weighted by Crippen LogP contribution is 2.35. The molecule has 3 N–H and O–H groups in total. The first-order chi connectivity index (χ1) is 15.5. The van der Waals surface area contributed by atoms with Gasteiger partial charge in [-0.25, -0.2) is 22.7 Å². The van der Waals surface area contributed by atoms with Crippen LogP contribution < -0.4 is 15.8 Å². The van der Waals surface area contributed by atoms with Crippen molar-refractivity contribution in [2.24, 2.45) is 0 Å². The molecule has 3 aromatic rings. The highest BCUT2D eigenvalue weighted by Gasteiger charge is 2.35. The van der Waals surface area contributed by atoms with Crippen LogP contribution in [0, 0.1) is 19.7 Å². The van der Waals surface area contributed by atoms with Gasteiger partial charge in [-0.2, -0.15) is 4.72 Å². The number of amides is 2. The molecule has 4 rings (SSSR count). The minimum absolute atomic E-state index is 0.0552. The number of nitrogens with one attached hydrogen (secondary N) is 3. The van der Waals surface area contributed by atoms with Crippen molar-refractivity contribution in [1.82, 2.24) is 20.2 Å². The number of rotatable bonds is 6. The summed E-state index contributed by atoms with van der Waals surface area (Å²) in [5.41, 5.74) is 1.60. The predicted molar refractivity (Wildman–Crippen MR) is 113 cm³/mol. The summed E-state index contributed by atoms with van der Waals surface area (Å²) in [5, 5.41) is 7.90. The minimum atomic E-state index is -4.33. The summed E-state index contributed by atoms with van der Waals surface area (Å²) in [6, 6.07) is 5.07. The van der Waals surface area contributed by atoms with Gasteiger partial charge in [0.25, 0.3) is 11.8 Å². The van der Waals surface area contributed by atoms with E-state index < -0.39 is 45.4 Å². The highest BCUT2D eigenvalue weighted by atomic mass is 32.2. The SMILES string of the molecule is Cc1ccc(F)c(C(C)C(NS(=O)(=O)c2ccc3c(c2)C(=O)NC3=O)c2n[nH]c(=O)o2)c1C. The van der Waals surface area contributed by atoms with Gasteiger partial charge in [0.2, 0.25) is 15.9 Å². The Labute approximate surface area is 187 Å². The number of imide groups is 1. The number of hydrogen-bond donors (Lipinski definition) is 3. The zero-order valence-corrected chi connectivity index (χ0v) is 18.5. The molecule has 2 heterocycles. The van der Waals surface area contributed by atoms with Crippen LogP contribution in [0.5, 0.6) is 0 Å². The van der Waals surface area contributed by atoms with Crippen molar-refractivity contribution in [1.29, 1.82) is 0 Å². The lowest BCUT2D eigenvalue weighted by molar-refractivity contribution is 0.0879. The fraction of sp³-hybridized carbons (Fsp3) is 0.238. The van der Waals surface area contributed by atoms with E-state index in [2.05, 4.69) is 20.2 Å². The molecule has 10 nitrogen and oxygen atoms in total. The molecule has 0 saturated heterocycles. The van der Waals surface area contributed by atoms with Crippen molar-refractivity contribution in [3.63, 3.8) is 0 Å². The maximum Gasteiger partial charge on any atom is 0.434 e. The smallest absolute Gasteiger partial charge is 0.391 e. The Bertz CT molecular complexity index is 1460. The molecule has 2 aromatic carbocycles.